The molecule has 0 saturated heterocycles. The Balaban J connectivity index is 1.66. The first-order chi connectivity index (χ1) is 15.6. The van der Waals surface area contributed by atoms with Gasteiger partial charge in [-0.05, 0) is 41.3 Å². The lowest BCUT2D eigenvalue weighted by molar-refractivity contribution is -0.121. The first-order valence-electron chi connectivity index (χ1n) is 10.8. The van der Waals surface area contributed by atoms with E-state index < -0.39 is 0 Å². The molecule has 4 rings (SSSR count). The molecule has 0 aliphatic rings. The number of aromatic amines is 1. The smallest absolute Gasteiger partial charge is 0.221 e. The fourth-order valence-corrected chi connectivity index (χ4v) is 4.22. The van der Waals surface area contributed by atoms with E-state index in [0.29, 0.717) is 6.54 Å². The van der Waals surface area contributed by atoms with Gasteiger partial charge < -0.3 is 15.0 Å². The first-order valence-corrected chi connectivity index (χ1v) is 10.8. The van der Waals surface area contributed by atoms with Gasteiger partial charge in [0.25, 0.3) is 0 Å². The summed E-state index contributed by atoms with van der Waals surface area (Å²) in [6, 6.07) is 20.3. The number of rotatable bonds is 8. The Labute approximate surface area is 187 Å². The zero-order chi connectivity index (χ0) is 22.5. The van der Waals surface area contributed by atoms with Gasteiger partial charge in [0.2, 0.25) is 5.91 Å². The largest absolute Gasteiger partial charge is 0.496 e. The molecule has 0 radical (unpaired) electrons. The number of H-pyrrole nitrogens is 1. The van der Waals surface area contributed by atoms with Gasteiger partial charge >= 0.3 is 0 Å². The lowest BCUT2D eigenvalue weighted by Gasteiger charge is -2.20. The van der Waals surface area contributed by atoms with Crippen molar-refractivity contribution in [1.29, 1.82) is 0 Å². The minimum Gasteiger partial charge on any atom is -0.496 e. The van der Waals surface area contributed by atoms with Crippen LogP contribution in [-0.4, -0.2) is 18.0 Å². The van der Waals surface area contributed by atoms with Crippen LogP contribution < -0.4 is 10.1 Å². The van der Waals surface area contributed by atoms with E-state index in [9.17, 15) is 9.18 Å². The topological polar surface area (TPSA) is 54.1 Å². The van der Waals surface area contributed by atoms with Gasteiger partial charge in [-0.2, -0.15) is 0 Å². The predicted octanol–water partition coefficient (Wildman–Crippen LogP) is 5.72. The van der Waals surface area contributed by atoms with E-state index in [0.717, 1.165) is 39.8 Å². The molecule has 4 aromatic rings. The van der Waals surface area contributed by atoms with Crippen molar-refractivity contribution >= 4 is 16.8 Å². The second kappa shape index (κ2) is 9.69. The number of carbonyl (C=O) groups is 1. The monoisotopic (exact) mass is 430 g/mol. The Morgan fingerprint density at radius 1 is 1.03 bits per heavy atom. The third kappa shape index (κ3) is 4.52. The zero-order valence-corrected chi connectivity index (χ0v) is 18.3. The van der Waals surface area contributed by atoms with Crippen molar-refractivity contribution in [1.82, 2.24) is 10.3 Å². The van der Waals surface area contributed by atoms with Crippen LogP contribution in [0, 0.1) is 5.82 Å². The standard InChI is InChI=1S/C27H27FN2O2/c1-3-19-7-6-9-22-24(17-30-27(19)22)23(21-8-4-5-10-25(21)32-2)15-26(31)29-16-18-11-13-20(28)14-12-18/h4-14,17,23,30H,3,15-16H2,1-2H3,(H,29,31). The maximum absolute atomic E-state index is 13.2. The number of hydrogen-bond donors (Lipinski definition) is 2. The number of ether oxygens (including phenoxy) is 1. The Hall–Kier alpha value is -3.60. The van der Waals surface area contributed by atoms with Gasteiger partial charge in [-0.25, -0.2) is 4.39 Å². The van der Waals surface area contributed by atoms with Crippen molar-refractivity contribution in [3.05, 3.63) is 101 Å². The second-order valence-electron chi connectivity index (χ2n) is 7.84. The molecule has 1 heterocycles. The van der Waals surface area contributed by atoms with E-state index in [1.807, 2.05) is 30.5 Å². The highest BCUT2D eigenvalue weighted by Gasteiger charge is 2.24. The molecule has 2 N–H and O–H groups in total. The Kier molecular flexibility index (Phi) is 6.55. The molecule has 32 heavy (non-hydrogen) atoms. The maximum Gasteiger partial charge on any atom is 0.221 e. The van der Waals surface area contributed by atoms with E-state index in [-0.39, 0.29) is 24.1 Å². The number of halogens is 1. The Morgan fingerprint density at radius 2 is 1.81 bits per heavy atom. The average molecular weight is 431 g/mol. The zero-order valence-electron chi connectivity index (χ0n) is 18.3. The van der Waals surface area contributed by atoms with E-state index in [2.05, 4.69) is 35.4 Å². The highest BCUT2D eigenvalue weighted by atomic mass is 19.1. The minimum atomic E-state index is -0.290. The summed E-state index contributed by atoms with van der Waals surface area (Å²) in [6.45, 7) is 2.49. The molecule has 0 bridgehead atoms. The van der Waals surface area contributed by atoms with Gasteiger partial charge in [-0.1, -0.05) is 55.5 Å². The average Bonchev–Trinajstić information content (AvgIpc) is 3.26. The van der Waals surface area contributed by atoms with Gasteiger partial charge in [0.15, 0.2) is 0 Å². The molecule has 0 spiro atoms. The summed E-state index contributed by atoms with van der Waals surface area (Å²) in [5, 5.41) is 4.09. The second-order valence-corrected chi connectivity index (χ2v) is 7.84. The number of para-hydroxylation sites is 2. The number of aryl methyl sites for hydroxylation is 1. The third-order valence-electron chi connectivity index (χ3n) is 5.90. The summed E-state index contributed by atoms with van der Waals surface area (Å²) in [5.41, 5.74) is 5.24. The summed E-state index contributed by atoms with van der Waals surface area (Å²) >= 11 is 0. The van der Waals surface area contributed by atoms with Crippen molar-refractivity contribution in [2.24, 2.45) is 0 Å². The van der Waals surface area contributed by atoms with Crippen LogP contribution in [0.2, 0.25) is 0 Å². The predicted molar refractivity (Wildman–Crippen MR) is 125 cm³/mol. The molecule has 5 heteroatoms. The Bertz CT molecular complexity index is 1210. The van der Waals surface area contributed by atoms with Crippen molar-refractivity contribution in [2.45, 2.75) is 32.2 Å². The maximum atomic E-state index is 13.2. The highest BCUT2D eigenvalue weighted by molar-refractivity contribution is 5.88. The number of hydrogen-bond acceptors (Lipinski definition) is 2. The summed E-state index contributed by atoms with van der Waals surface area (Å²) in [4.78, 5) is 16.4. The first kappa shape index (κ1) is 21.6. The summed E-state index contributed by atoms with van der Waals surface area (Å²) in [7, 11) is 1.65. The highest BCUT2D eigenvalue weighted by Crippen LogP contribution is 2.38. The van der Waals surface area contributed by atoms with Gasteiger partial charge in [-0.3, -0.25) is 4.79 Å². The summed E-state index contributed by atoms with van der Waals surface area (Å²) in [5.74, 6) is 0.207. The number of methoxy groups -OCH3 is 1. The van der Waals surface area contributed by atoms with E-state index in [4.69, 9.17) is 4.74 Å². The number of aromatic nitrogens is 1. The lowest BCUT2D eigenvalue weighted by Crippen LogP contribution is -2.25. The van der Waals surface area contributed by atoms with Gasteiger partial charge in [0.1, 0.15) is 11.6 Å². The van der Waals surface area contributed by atoms with Gasteiger partial charge in [-0.15, -0.1) is 0 Å². The molecule has 0 aliphatic heterocycles. The molecule has 4 nitrogen and oxygen atoms in total. The molecule has 0 saturated carbocycles. The summed E-state index contributed by atoms with van der Waals surface area (Å²) < 4.78 is 18.8. The molecule has 1 aromatic heterocycles. The third-order valence-corrected chi connectivity index (χ3v) is 5.90. The molecule has 3 aromatic carbocycles. The van der Waals surface area contributed by atoms with Gasteiger partial charge in [0, 0.05) is 41.5 Å². The van der Waals surface area contributed by atoms with Crippen LogP contribution in [0.3, 0.4) is 0 Å². The van der Waals surface area contributed by atoms with Crippen LogP contribution in [0.15, 0.2) is 72.9 Å². The van der Waals surface area contributed by atoms with Crippen LogP contribution >= 0.6 is 0 Å². The molecular formula is C27H27FN2O2. The number of amides is 1. The van der Waals surface area contributed by atoms with E-state index in [1.54, 1.807) is 19.2 Å². The fraction of sp³-hybridized carbons (Fsp3) is 0.222. The minimum absolute atomic E-state index is 0.0776. The quantitative estimate of drug-likeness (QED) is 0.376. The SMILES string of the molecule is CCc1cccc2c(C(CC(=O)NCc3ccc(F)cc3)c3ccccc3OC)c[nH]c12. The number of carbonyl (C=O) groups excluding carboxylic acids is 1. The van der Waals surface area contributed by atoms with Crippen LogP contribution in [-0.2, 0) is 17.8 Å². The lowest BCUT2D eigenvalue weighted by atomic mass is 9.87. The molecule has 1 atom stereocenters. The number of nitrogens with one attached hydrogen (secondary N) is 2. The molecule has 1 unspecified atom stereocenters. The molecule has 164 valence electrons. The van der Waals surface area contributed by atoms with Crippen molar-refractivity contribution in [3.8, 4) is 5.75 Å². The van der Waals surface area contributed by atoms with Crippen LogP contribution in [0.25, 0.3) is 10.9 Å². The van der Waals surface area contributed by atoms with Crippen LogP contribution in [0.1, 0.15) is 41.5 Å². The van der Waals surface area contributed by atoms with E-state index in [1.165, 1.54) is 17.7 Å². The molecular weight excluding hydrogens is 403 g/mol. The van der Waals surface area contributed by atoms with Crippen molar-refractivity contribution in [2.75, 3.05) is 7.11 Å². The van der Waals surface area contributed by atoms with Crippen molar-refractivity contribution in [3.63, 3.8) is 0 Å². The molecule has 0 aliphatic carbocycles. The molecule has 0 fully saturated rings. The fourth-order valence-electron chi connectivity index (χ4n) is 4.22. The van der Waals surface area contributed by atoms with Crippen LogP contribution in [0.5, 0.6) is 5.75 Å². The summed E-state index contributed by atoms with van der Waals surface area (Å²) in [6.07, 6.45) is 3.20. The van der Waals surface area contributed by atoms with Gasteiger partial charge in [0.05, 0.1) is 7.11 Å². The van der Waals surface area contributed by atoms with Crippen LogP contribution in [0.4, 0.5) is 4.39 Å². The Morgan fingerprint density at radius 3 is 2.56 bits per heavy atom. The molecule has 1 amide bonds. The normalized spacial score (nSPS) is 12.0. The number of fused-ring (bicyclic) bond motifs is 1. The van der Waals surface area contributed by atoms with Crippen molar-refractivity contribution < 1.29 is 13.9 Å². The number of benzene rings is 3. The van der Waals surface area contributed by atoms with E-state index >= 15 is 0 Å².